The van der Waals surface area contributed by atoms with Gasteiger partial charge in [-0.2, -0.15) is 0 Å². The largest absolute Gasteiger partial charge is 0.466 e. The minimum Gasteiger partial charge on any atom is -0.466 e. The number of nitrogens with one attached hydrogen (secondary N) is 1. The van der Waals surface area contributed by atoms with Crippen molar-refractivity contribution in [2.75, 3.05) is 12.4 Å². The first kappa shape index (κ1) is 14.1. The second kappa shape index (κ2) is 8.17. The molecule has 1 rings (SSSR count). The zero-order chi connectivity index (χ0) is 12.5. The highest BCUT2D eigenvalue weighted by molar-refractivity contribution is 7.99. The molecule has 0 amide bonds. The van der Waals surface area contributed by atoms with Gasteiger partial charge in [0.2, 0.25) is 0 Å². The predicted octanol–water partition coefficient (Wildman–Crippen LogP) is 2.80. The molecule has 4 nitrogen and oxygen atoms in total. The summed E-state index contributed by atoms with van der Waals surface area (Å²) in [4.78, 5) is 18.7. The molecule has 96 valence electrons. The first-order valence-electron chi connectivity index (χ1n) is 6.08. The van der Waals surface area contributed by atoms with Gasteiger partial charge >= 0.3 is 5.97 Å². The monoisotopic (exact) mass is 256 g/mol. The van der Waals surface area contributed by atoms with Crippen molar-refractivity contribution in [3.8, 4) is 0 Å². The van der Waals surface area contributed by atoms with Gasteiger partial charge in [-0.3, -0.25) is 4.79 Å². The molecule has 0 aliphatic rings. The highest BCUT2D eigenvalue weighted by atomic mass is 32.2. The Hall–Kier alpha value is -0.970. The summed E-state index contributed by atoms with van der Waals surface area (Å²) in [5.74, 6) is 0.593. The quantitative estimate of drug-likeness (QED) is 0.441. The summed E-state index contributed by atoms with van der Waals surface area (Å²) in [5, 5.41) is 0.878. The fraction of sp³-hybridized carbons (Fsp3) is 0.667. The molecule has 0 aliphatic heterocycles. The predicted molar refractivity (Wildman–Crippen MR) is 69.2 cm³/mol. The van der Waals surface area contributed by atoms with Crippen molar-refractivity contribution in [1.82, 2.24) is 9.97 Å². The van der Waals surface area contributed by atoms with Crippen LogP contribution < -0.4 is 0 Å². The number of imidazole rings is 1. The van der Waals surface area contributed by atoms with E-state index in [0.29, 0.717) is 18.8 Å². The fourth-order valence-electron chi connectivity index (χ4n) is 1.23. The summed E-state index contributed by atoms with van der Waals surface area (Å²) >= 11 is 1.56. The third-order valence-corrected chi connectivity index (χ3v) is 3.18. The van der Waals surface area contributed by atoms with Gasteiger partial charge in [0.25, 0.3) is 0 Å². The molecule has 0 aliphatic carbocycles. The number of nitrogens with zero attached hydrogens (tertiary/aromatic N) is 1. The van der Waals surface area contributed by atoms with Crippen LogP contribution in [0.15, 0.2) is 11.4 Å². The lowest BCUT2D eigenvalue weighted by molar-refractivity contribution is -0.143. The summed E-state index contributed by atoms with van der Waals surface area (Å²) in [6.45, 7) is 4.69. The number of carbonyl (C=O) groups excluding carboxylic acids is 1. The highest BCUT2D eigenvalue weighted by Gasteiger charge is 2.04. The SMILES string of the molecule is CCCCOC(=O)CCSc1ncc(CC)[nH]1. The number of H-pyrrole nitrogens is 1. The molecule has 0 aromatic carbocycles. The maximum atomic E-state index is 11.3. The van der Waals surface area contributed by atoms with Crippen molar-refractivity contribution >= 4 is 17.7 Å². The number of aryl methyl sites for hydroxylation is 1. The van der Waals surface area contributed by atoms with E-state index in [-0.39, 0.29) is 5.97 Å². The van der Waals surface area contributed by atoms with Gasteiger partial charge in [0.1, 0.15) is 0 Å². The van der Waals surface area contributed by atoms with E-state index in [1.54, 1.807) is 11.8 Å². The van der Waals surface area contributed by atoms with Gasteiger partial charge in [-0.15, -0.1) is 0 Å². The number of hydrogen-bond acceptors (Lipinski definition) is 4. The van der Waals surface area contributed by atoms with E-state index >= 15 is 0 Å². The van der Waals surface area contributed by atoms with Crippen LogP contribution in [0.25, 0.3) is 0 Å². The van der Waals surface area contributed by atoms with Crippen molar-refractivity contribution in [3.63, 3.8) is 0 Å². The first-order valence-corrected chi connectivity index (χ1v) is 7.07. The van der Waals surface area contributed by atoms with Crippen molar-refractivity contribution in [3.05, 3.63) is 11.9 Å². The van der Waals surface area contributed by atoms with Gasteiger partial charge in [0, 0.05) is 17.6 Å². The molecular weight excluding hydrogens is 236 g/mol. The summed E-state index contributed by atoms with van der Waals surface area (Å²) in [5.41, 5.74) is 1.12. The van der Waals surface area contributed by atoms with Crippen LogP contribution in [0.2, 0.25) is 0 Å². The van der Waals surface area contributed by atoms with E-state index in [1.807, 2.05) is 6.20 Å². The Balaban J connectivity index is 2.12. The van der Waals surface area contributed by atoms with E-state index in [9.17, 15) is 4.79 Å². The fourth-order valence-corrected chi connectivity index (χ4v) is 2.02. The minimum absolute atomic E-state index is 0.117. The maximum absolute atomic E-state index is 11.3. The van der Waals surface area contributed by atoms with Crippen LogP contribution in [0, 0.1) is 0 Å². The van der Waals surface area contributed by atoms with Crippen LogP contribution in [0.1, 0.15) is 38.8 Å². The van der Waals surface area contributed by atoms with Gasteiger partial charge in [-0.25, -0.2) is 4.98 Å². The highest BCUT2D eigenvalue weighted by Crippen LogP contribution is 2.15. The molecule has 1 heterocycles. The third-order valence-electron chi connectivity index (χ3n) is 2.29. The summed E-state index contributed by atoms with van der Waals surface area (Å²) in [6.07, 6.45) is 5.22. The Kier molecular flexibility index (Phi) is 6.77. The smallest absolute Gasteiger partial charge is 0.306 e. The van der Waals surface area contributed by atoms with E-state index in [2.05, 4.69) is 23.8 Å². The Morgan fingerprint density at radius 3 is 3.00 bits per heavy atom. The number of carbonyl (C=O) groups is 1. The molecule has 0 saturated heterocycles. The van der Waals surface area contributed by atoms with Crippen molar-refractivity contribution in [1.29, 1.82) is 0 Å². The minimum atomic E-state index is -0.117. The number of thioether (sulfide) groups is 1. The Labute approximate surface area is 107 Å². The number of unbranched alkanes of at least 4 members (excludes halogenated alkanes) is 1. The molecular formula is C12H20N2O2S. The average molecular weight is 256 g/mol. The van der Waals surface area contributed by atoms with E-state index in [4.69, 9.17) is 4.74 Å². The number of aromatic nitrogens is 2. The van der Waals surface area contributed by atoms with Gasteiger partial charge in [-0.1, -0.05) is 32.0 Å². The second-order valence-corrected chi connectivity index (χ2v) is 4.82. The molecule has 0 bridgehead atoms. The molecule has 0 atom stereocenters. The third kappa shape index (κ3) is 5.77. The molecule has 1 N–H and O–H groups in total. The molecule has 0 saturated carbocycles. The maximum Gasteiger partial charge on any atom is 0.306 e. The molecule has 0 spiro atoms. The van der Waals surface area contributed by atoms with E-state index < -0.39 is 0 Å². The molecule has 17 heavy (non-hydrogen) atoms. The molecule has 0 radical (unpaired) electrons. The normalized spacial score (nSPS) is 10.5. The van der Waals surface area contributed by atoms with Gasteiger partial charge in [-0.05, 0) is 12.8 Å². The average Bonchev–Trinajstić information content (AvgIpc) is 2.77. The number of hydrogen-bond donors (Lipinski definition) is 1. The van der Waals surface area contributed by atoms with Crippen LogP contribution in [-0.2, 0) is 16.0 Å². The number of aromatic amines is 1. The number of rotatable bonds is 8. The summed E-state index contributed by atoms with van der Waals surface area (Å²) in [7, 11) is 0. The van der Waals surface area contributed by atoms with Crippen LogP contribution in [0.5, 0.6) is 0 Å². The number of ether oxygens (including phenoxy) is 1. The lowest BCUT2D eigenvalue weighted by Crippen LogP contribution is -2.06. The Morgan fingerprint density at radius 2 is 2.35 bits per heavy atom. The molecule has 1 aromatic rings. The molecule has 0 unspecified atom stereocenters. The summed E-state index contributed by atoms with van der Waals surface area (Å²) < 4.78 is 5.06. The Morgan fingerprint density at radius 1 is 1.53 bits per heavy atom. The molecule has 1 aromatic heterocycles. The standard InChI is InChI=1S/C12H20N2O2S/c1-3-5-7-16-11(15)6-8-17-12-13-9-10(4-2)14-12/h9H,3-8H2,1-2H3,(H,13,14). The topological polar surface area (TPSA) is 55.0 Å². The Bertz CT molecular complexity index is 339. The second-order valence-electron chi connectivity index (χ2n) is 3.74. The number of esters is 1. The van der Waals surface area contributed by atoms with E-state index in [0.717, 1.165) is 30.1 Å². The zero-order valence-corrected chi connectivity index (χ0v) is 11.3. The zero-order valence-electron chi connectivity index (χ0n) is 10.5. The van der Waals surface area contributed by atoms with Crippen LogP contribution in [0.3, 0.4) is 0 Å². The lowest BCUT2D eigenvalue weighted by atomic mass is 10.4. The van der Waals surface area contributed by atoms with Crippen molar-refractivity contribution < 1.29 is 9.53 Å². The van der Waals surface area contributed by atoms with Crippen molar-refractivity contribution in [2.45, 2.75) is 44.7 Å². The lowest BCUT2D eigenvalue weighted by Gasteiger charge is -2.02. The van der Waals surface area contributed by atoms with Gasteiger partial charge in [0.15, 0.2) is 5.16 Å². The molecule has 0 fully saturated rings. The van der Waals surface area contributed by atoms with Gasteiger partial charge < -0.3 is 9.72 Å². The summed E-state index contributed by atoms with van der Waals surface area (Å²) in [6, 6.07) is 0. The van der Waals surface area contributed by atoms with Crippen LogP contribution in [0.4, 0.5) is 0 Å². The van der Waals surface area contributed by atoms with Crippen molar-refractivity contribution in [2.24, 2.45) is 0 Å². The van der Waals surface area contributed by atoms with Crippen LogP contribution in [-0.4, -0.2) is 28.3 Å². The molecule has 5 heteroatoms. The van der Waals surface area contributed by atoms with Crippen LogP contribution >= 0.6 is 11.8 Å². The first-order chi connectivity index (χ1) is 8.26. The van der Waals surface area contributed by atoms with Gasteiger partial charge in [0.05, 0.1) is 13.0 Å². The van der Waals surface area contributed by atoms with E-state index in [1.165, 1.54) is 0 Å².